The van der Waals surface area contributed by atoms with E-state index in [0.29, 0.717) is 25.4 Å². The van der Waals surface area contributed by atoms with Gasteiger partial charge in [0.2, 0.25) is 0 Å². The first-order valence-corrected chi connectivity index (χ1v) is 8.53. The number of nitrogens with zero attached hydrogens (tertiary/aromatic N) is 2. The van der Waals surface area contributed by atoms with Gasteiger partial charge >= 0.3 is 11.8 Å². The molecular weight excluding hydrogens is 330 g/mol. The molecule has 2 amide bonds. The van der Waals surface area contributed by atoms with Crippen LogP contribution < -0.4 is 10.2 Å². The van der Waals surface area contributed by atoms with Crippen molar-refractivity contribution in [1.82, 2.24) is 10.3 Å². The van der Waals surface area contributed by atoms with Gasteiger partial charge in [0.1, 0.15) is 12.4 Å². The molecule has 0 heterocycles. The van der Waals surface area contributed by atoms with Crippen LogP contribution in [-0.2, 0) is 16.2 Å². The standard InChI is InChI=1S/C20H23N3O3/c1-3-23(4-2)20(25)19(24)22-21-14-17-11-8-12-18(13-17)26-15-16-9-6-5-7-10-16/h5-14H,3-4,15H2,1-2H3,(H,22,24)/b21-14+. The Hall–Kier alpha value is -3.15. The molecule has 2 aromatic rings. The third-order valence-corrected chi connectivity index (χ3v) is 3.73. The number of likely N-dealkylation sites (N-methyl/N-ethyl adjacent to an activating group) is 1. The zero-order chi connectivity index (χ0) is 18.8. The topological polar surface area (TPSA) is 71.0 Å². The maximum absolute atomic E-state index is 11.8. The highest BCUT2D eigenvalue weighted by atomic mass is 16.5. The zero-order valence-corrected chi connectivity index (χ0v) is 15.0. The number of ether oxygens (including phenoxy) is 1. The van der Waals surface area contributed by atoms with Gasteiger partial charge in [0, 0.05) is 13.1 Å². The minimum Gasteiger partial charge on any atom is -0.489 e. The molecule has 6 heteroatoms. The van der Waals surface area contributed by atoms with Gasteiger partial charge < -0.3 is 9.64 Å². The van der Waals surface area contributed by atoms with Crippen LogP contribution >= 0.6 is 0 Å². The van der Waals surface area contributed by atoms with Crippen LogP contribution in [0.15, 0.2) is 59.7 Å². The van der Waals surface area contributed by atoms with E-state index >= 15 is 0 Å². The van der Waals surface area contributed by atoms with E-state index in [1.165, 1.54) is 11.1 Å². The second-order valence-electron chi connectivity index (χ2n) is 5.52. The number of hydrazone groups is 1. The molecule has 0 saturated heterocycles. The Morgan fingerprint density at radius 3 is 2.50 bits per heavy atom. The Labute approximate surface area is 153 Å². The number of rotatable bonds is 7. The van der Waals surface area contributed by atoms with Crippen molar-refractivity contribution in [3.05, 3.63) is 65.7 Å². The summed E-state index contributed by atoms with van der Waals surface area (Å²) in [5.41, 5.74) is 4.09. The first-order chi connectivity index (χ1) is 12.6. The number of carbonyl (C=O) groups is 2. The fourth-order valence-electron chi connectivity index (χ4n) is 2.29. The van der Waals surface area contributed by atoms with Crippen LogP contribution in [0.25, 0.3) is 0 Å². The number of nitrogens with one attached hydrogen (secondary N) is 1. The van der Waals surface area contributed by atoms with Crippen molar-refractivity contribution < 1.29 is 14.3 Å². The number of hydrogen-bond acceptors (Lipinski definition) is 4. The largest absolute Gasteiger partial charge is 0.489 e. The summed E-state index contributed by atoms with van der Waals surface area (Å²) >= 11 is 0. The zero-order valence-electron chi connectivity index (χ0n) is 15.0. The van der Waals surface area contributed by atoms with Gasteiger partial charge in [0.15, 0.2) is 0 Å². The van der Waals surface area contributed by atoms with Crippen LogP contribution in [0.3, 0.4) is 0 Å². The molecule has 0 unspecified atom stereocenters. The second kappa shape index (κ2) is 9.98. The smallest absolute Gasteiger partial charge is 0.329 e. The quantitative estimate of drug-likeness (QED) is 0.472. The molecule has 1 N–H and O–H groups in total. The molecule has 0 aliphatic carbocycles. The van der Waals surface area contributed by atoms with E-state index < -0.39 is 11.8 Å². The summed E-state index contributed by atoms with van der Waals surface area (Å²) in [5, 5.41) is 3.85. The minimum atomic E-state index is -0.749. The number of benzene rings is 2. The molecule has 0 spiro atoms. The highest BCUT2D eigenvalue weighted by Gasteiger charge is 2.18. The molecule has 0 radical (unpaired) electrons. The van der Waals surface area contributed by atoms with Gasteiger partial charge in [0.25, 0.3) is 0 Å². The van der Waals surface area contributed by atoms with E-state index in [2.05, 4.69) is 10.5 Å². The third kappa shape index (κ3) is 5.73. The van der Waals surface area contributed by atoms with Gasteiger partial charge in [-0.1, -0.05) is 42.5 Å². The van der Waals surface area contributed by atoms with Gasteiger partial charge in [-0.05, 0) is 37.1 Å². The molecule has 0 aromatic heterocycles. The summed E-state index contributed by atoms with van der Waals surface area (Å²) in [4.78, 5) is 25.1. The Balaban J connectivity index is 1.90. The van der Waals surface area contributed by atoms with Crippen LogP contribution in [0.2, 0.25) is 0 Å². The molecule has 0 fully saturated rings. The van der Waals surface area contributed by atoms with Gasteiger partial charge in [-0.3, -0.25) is 9.59 Å². The van der Waals surface area contributed by atoms with E-state index in [9.17, 15) is 9.59 Å². The lowest BCUT2D eigenvalue weighted by Crippen LogP contribution is -2.41. The SMILES string of the molecule is CCN(CC)C(=O)C(=O)N/N=C/c1cccc(OCc2ccccc2)c1. The van der Waals surface area contributed by atoms with Crippen LogP contribution in [0.1, 0.15) is 25.0 Å². The van der Waals surface area contributed by atoms with E-state index in [1.807, 2.05) is 68.4 Å². The molecule has 0 bridgehead atoms. The average molecular weight is 353 g/mol. The van der Waals surface area contributed by atoms with Crippen LogP contribution in [-0.4, -0.2) is 36.0 Å². The summed E-state index contributed by atoms with van der Waals surface area (Å²) < 4.78 is 5.75. The predicted molar refractivity (Wildman–Crippen MR) is 101 cm³/mol. The summed E-state index contributed by atoms with van der Waals surface area (Å²) in [6, 6.07) is 17.2. The van der Waals surface area contributed by atoms with Gasteiger partial charge in [-0.2, -0.15) is 5.10 Å². The van der Waals surface area contributed by atoms with Crippen LogP contribution in [0.4, 0.5) is 0 Å². The summed E-state index contributed by atoms with van der Waals surface area (Å²) in [7, 11) is 0. The molecule has 0 aliphatic heterocycles. The Morgan fingerprint density at radius 2 is 1.81 bits per heavy atom. The monoisotopic (exact) mass is 353 g/mol. The van der Waals surface area contributed by atoms with Crippen molar-refractivity contribution >= 4 is 18.0 Å². The Morgan fingerprint density at radius 1 is 1.08 bits per heavy atom. The lowest BCUT2D eigenvalue weighted by Gasteiger charge is -2.16. The summed E-state index contributed by atoms with van der Waals surface area (Å²) in [6.07, 6.45) is 1.47. The van der Waals surface area contributed by atoms with Crippen molar-refractivity contribution in [2.45, 2.75) is 20.5 Å². The molecule has 2 aromatic carbocycles. The maximum Gasteiger partial charge on any atom is 0.329 e. The van der Waals surface area contributed by atoms with Gasteiger partial charge in [0.05, 0.1) is 6.21 Å². The van der Waals surface area contributed by atoms with Gasteiger partial charge in [-0.25, -0.2) is 5.43 Å². The molecule has 0 atom stereocenters. The molecule has 6 nitrogen and oxygen atoms in total. The molecule has 26 heavy (non-hydrogen) atoms. The summed E-state index contributed by atoms with van der Waals surface area (Å²) in [5.74, 6) is -0.642. The lowest BCUT2D eigenvalue weighted by molar-refractivity contribution is -0.145. The van der Waals surface area contributed by atoms with E-state index in [4.69, 9.17) is 4.74 Å². The molecule has 2 rings (SSSR count). The number of amides is 2. The van der Waals surface area contributed by atoms with Crippen molar-refractivity contribution in [2.75, 3.05) is 13.1 Å². The molecular formula is C20H23N3O3. The second-order valence-corrected chi connectivity index (χ2v) is 5.52. The highest BCUT2D eigenvalue weighted by Crippen LogP contribution is 2.14. The molecule has 136 valence electrons. The van der Waals surface area contributed by atoms with Crippen molar-refractivity contribution in [2.24, 2.45) is 5.10 Å². The van der Waals surface area contributed by atoms with Crippen LogP contribution in [0.5, 0.6) is 5.75 Å². The minimum absolute atomic E-state index is 0.469. The summed E-state index contributed by atoms with van der Waals surface area (Å²) in [6.45, 7) is 5.06. The van der Waals surface area contributed by atoms with E-state index in [0.717, 1.165) is 11.1 Å². The number of carbonyl (C=O) groups excluding carboxylic acids is 2. The first-order valence-electron chi connectivity index (χ1n) is 8.53. The maximum atomic E-state index is 11.8. The fourth-order valence-corrected chi connectivity index (χ4v) is 2.29. The number of hydrogen-bond donors (Lipinski definition) is 1. The molecule has 0 aliphatic rings. The lowest BCUT2D eigenvalue weighted by atomic mass is 10.2. The Bertz CT molecular complexity index is 756. The van der Waals surface area contributed by atoms with Crippen molar-refractivity contribution in [3.63, 3.8) is 0 Å². The normalized spacial score (nSPS) is 10.5. The van der Waals surface area contributed by atoms with E-state index in [-0.39, 0.29) is 0 Å². The first kappa shape index (κ1) is 19.2. The average Bonchev–Trinajstić information content (AvgIpc) is 2.68. The fraction of sp³-hybridized carbons (Fsp3) is 0.250. The third-order valence-electron chi connectivity index (χ3n) is 3.73. The van der Waals surface area contributed by atoms with Crippen LogP contribution in [0, 0.1) is 0 Å². The van der Waals surface area contributed by atoms with E-state index in [1.54, 1.807) is 0 Å². The Kier molecular flexibility index (Phi) is 7.36. The van der Waals surface area contributed by atoms with Crippen molar-refractivity contribution in [1.29, 1.82) is 0 Å². The highest BCUT2D eigenvalue weighted by molar-refractivity contribution is 6.34. The van der Waals surface area contributed by atoms with Gasteiger partial charge in [-0.15, -0.1) is 0 Å². The van der Waals surface area contributed by atoms with Crippen molar-refractivity contribution in [3.8, 4) is 5.75 Å². The molecule has 0 saturated carbocycles. The predicted octanol–water partition coefficient (Wildman–Crippen LogP) is 2.58.